The van der Waals surface area contributed by atoms with E-state index in [4.69, 9.17) is 33.3 Å². The molecule has 1 aliphatic rings. The van der Waals surface area contributed by atoms with Gasteiger partial charge in [0, 0.05) is 25.2 Å². The number of nitro benzene ring substituents is 1. The Kier molecular flexibility index (Phi) is 5.98. The van der Waals surface area contributed by atoms with Gasteiger partial charge in [-0.3, -0.25) is 10.1 Å². The Balaban J connectivity index is 1.73. The summed E-state index contributed by atoms with van der Waals surface area (Å²) >= 11 is 11.6. The minimum atomic E-state index is -0.475. The average Bonchev–Trinajstić information content (AvgIpc) is 2.67. The fraction of sp³-hybridized carbons (Fsp3) is 0.278. The second-order valence-electron chi connectivity index (χ2n) is 5.84. The highest BCUT2D eigenvalue weighted by molar-refractivity contribution is 7.80. The zero-order valence-electron chi connectivity index (χ0n) is 14.6. The molecule has 0 unspecified atom stereocenters. The molecule has 3 rings (SSSR count). The molecule has 9 heteroatoms. The number of nitro groups is 1. The van der Waals surface area contributed by atoms with Gasteiger partial charge in [-0.15, -0.1) is 0 Å². The van der Waals surface area contributed by atoms with Crippen LogP contribution in [-0.2, 0) is 6.54 Å². The van der Waals surface area contributed by atoms with Crippen LogP contribution >= 0.6 is 23.8 Å². The summed E-state index contributed by atoms with van der Waals surface area (Å²) in [7, 11) is 0. The Bertz CT molecular complexity index is 878. The minimum Gasteiger partial charge on any atom is -0.486 e. The number of nitrogens with one attached hydrogen (secondary N) is 1. The summed E-state index contributed by atoms with van der Waals surface area (Å²) in [6, 6.07) is 9.96. The lowest BCUT2D eigenvalue weighted by molar-refractivity contribution is -0.384. The summed E-state index contributed by atoms with van der Waals surface area (Å²) in [4.78, 5) is 12.4. The Labute approximate surface area is 167 Å². The number of fused-ring (bicyclic) bond motifs is 1. The second kappa shape index (κ2) is 8.41. The highest BCUT2D eigenvalue weighted by Gasteiger charge is 2.16. The molecule has 1 heterocycles. The number of hydrogen-bond donors (Lipinski definition) is 1. The van der Waals surface area contributed by atoms with Crippen LogP contribution in [0.5, 0.6) is 11.5 Å². The van der Waals surface area contributed by atoms with Crippen LogP contribution in [0.1, 0.15) is 12.5 Å². The molecule has 0 atom stereocenters. The molecule has 0 aromatic heterocycles. The molecule has 0 saturated heterocycles. The molecule has 2 aromatic rings. The first kappa shape index (κ1) is 19.2. The Morgan fingerprint density at radius 1 is 1.26 bits per heavy atom. The number of ether oxygens (including phenoxy) is 2. The Hall–Kier alpha value is -2.58. The monoisotopic (exact) mass is 407 g/mol. The molecule has 0 amide bonds. The Morgan fingerprint density at radius 2 is 2.00 bits per heavy atom. The van der Waals surface area contributed by atoms with Crippen molar-refractivity contribution in [1.82, 2.24) is 4.90 Å². The van der Waals surface area contributed by atoms with E-state index in [9.17, 15) is 10.1 Å². The first-order valence-electron chi connectivity index (χ1n) is 8.36. The summed E-state index contributed by atoms with van der Waals surface area (Å²) in [5.41, 5.74) is 1.35. The van der Waals surface area contributed by atoms with Gasteiger partial charge >= 0.3 is 0 Å². The largest absolute Gasteiger partial charge is 0.486 e. The highest BCUT2D eigenvalue weighted by atomic mass is 35.5. The van der Waals surface area contributed by atoms with Crippen LogP contribution < -0.4 is 14.8 Å². The third-order valence-corrected chi connectivity index (χ3v) is 4.74. The third-order valence-electron chi connectivity index (χ3n) is 4.05. The van der Waals surface area contributed by atoms with E-state index < -0.39 is 4.92 Å². The summed E-state index contributed by atoms with van der Waals surface area (Å²) in [6.45, 7) is 4.24. The van der Waals surface area contributed by atoms with E-state index in [1.54, 1.807) is 0 Å². The zero-order valence-corrected chi connectivity index (χ0v) is 16.2. The number of non-ortho nitro benzene ring substituents is 1. The molecule has 0 radical (unpaired) electrons. The van der Waals surface area contributed by atoms with Crippen LogP contribution in [0.2, 0.25) is 5.02 Å². The van der Waals surface area contributed by atoms with Crippen molar-refractivity contribution >= 4 is 40.3 Å². The lowest BCUT2D eigenvalue weighted by atomic mass is 10.2. The van der Waals surface area contributed by atoms with E-state index >= 15 is 0 Å². The lowest BCUT2D eigenvalue weighted by Gasteiger charge is -2.26. The van der Waals surface area contributed by atoms with Crippen molar-refractivity contribution in [3.05, 3.63) is 57.1 Å². The summed E-state index contributed by atoms with van der Waals surface area (Å²) in [5, 5.41) is 14.8. The van der Waals surface area contributed by atoms with Gasteiger partial charge in [-0.2, -0.15) is 0 Å². The predicted molar refractivity (Wildman–Crippen MR) is 108 cm³/mol. The number of nitrogens with zero attached hydrogens (tertiary/aromatic N) is 2. The topological polar surface area (TPSA) is 76.9 Å². The maximum absolute atomic E-state index is 11.0. The molecule has 1 aliphatic heterocycles. The number of rotatable bonds is 5. The van der Waals surface area contributed by atoms with Crippen LogP contribution in [-0.4, -0.2) is 34.7 Å². The van der Waals surface area contributed by atoms with Gasteiger partial charge in [-0.25, -0.2) is 0 Å². The smallest absolute Gasteiger partial charge is 0.271 e. The summed E-state index contributed by atoms with van der Waals surface area (Å²) < 4.78 is 11.1. The third kappa shape index (κ3) is 4.58. The molecular weight excluding hydrogens is 390 g/mol. The predicted octanol–water partition coefficient (Wildman–Crippen LogP) is 4.24. The van der Waals surface area contributed by atoms with E-state index in [-0.39, 0.29) is 5.69 Å². The van der Waals surface area contributed by atoms with Crippen molar-refractivity contribution in [2.75, 3.05) is 25.1 Å². The normalized spacial score (nSPS) is 12.4. The lowest BCUT2D eigenvalue weighted by Crippen LogP contribution is -2.34. The van der Waals surface area contributed by atoms with Gasteiger partial charge in [0.25, 0.3) is 5.69 Å². The quantitative estimate of drug-likeness (QED) is 0.451. The molecule has 0 fully saturated rings. The van der Waals surface area contributed by atoms with Crippen molar-refractivity contribution in [3.63, 3.8) is 0 Å². The van der Waals surface area contributed by atoms with Gasteiger partial charge in [0.05, 0.1) is 15.6 Å². The molecule has 27 heavy (non-hydrogen) atoms. The molecule has 0 bridgehead atoms. The van der Waals surface area contributed by atoms with Gasteiger partial charge in [0.15, 0.2) is 16.6 Å². The van der Waals surface area contributed by atoms with E-state index in [1.165, 1.54) is 18.2 Å². The van der Waals surface area contributed by atoms with Crippen molar-refractivity contribution in [1.29, 1.82) is 0 Å². The summed E-state index contributed by atoms with van der Waals surface area (Å²) in [6.07, 6.45) is 0. The standard InChI is InChI=1S/C18H18ClN3O4S/c1-2-21(11-12-3-6-16-17(9-12)26-8-7-25-16)18(27)20-15-10-13(22(23)24)4-5-14(15)19/h3-6,9-10H,2,7-8,11H2,1H3,(H,20,27). The van der Waals surface area contributed by atoms with Crippen LogP contribution in [0.15, 0.2) is 36.4 Å². The van der Waals surface area contributed by atoms with Crippen LogP contribution in [0, 0.1) is 10.1 Å². The first-order valence-corrected chi connectivity index (χ1v) is 9.15. The van der Waals surface area contributed by atoms with Crippen molar-refractivity contribution in [2.45, 2.75) is 13.5 Å². The molecule has 0 aliphatic carbocycles. The van der Waals surface area contributed by atoms with Crippen LogP contribution in [0.3, 0.4) is 0 Å². The van der Waals surface area contributed by atoms with Crippen molar-refractivity contribution < 1.29 is 14.4 Å². The zero-order chi connectivity index (χ0) is 19.4. The van der Waals surface area contributed by atoms with Gasteiger partial charge in [0.1, 0.15) is 13.2 Å². The fourth-order valence-electron chi connectivity index (χ4n) is 2.65. The van der Waals surface area contributed by atoms with E-state index in [0.29, 0.717) is 42.1 Å². The van der Waals surface area contributed by atoms with Gasteiger partial charge in [-0.1, -0.05) is 17.7 Å². The number of anilines is 1. The summed E-state index contributed by atoms with van der Waals surface area (Å²) in [5.74, 6) is 1.45. The molecule has 142 valence electrons. The van der Waals surface area contributed by atoms with Gasteiger partial charge in [0.2, 0.25) is 0 Å². The molecule has 0 saturated carbocycles. The van der Waals surface area contributed by atoms with E-state index in [1.807, 2.05) is 30.0 Å². The average molecular weight is 408 g/mol. The number of thiocarbonyl (C=S) groups is 1. The number of benzene rings is 2. The van der Waals surface area contributed by atoms with Gasteiger partial charge in [-0.05, 0) is 42.9 Å². The number of hydrogen-bond acceptors (Lipinski definition) is 5. The molecule has 1 N–H and O–H groups in total. The van der Waals surface area contributed by atoms with Crippen molar-refractivity contribution in [2.24, 2.45) is 0 Å². The fourth-order valence-corrected chi connectivity index (χ4v) is 3.12. The molecular formula is C18H18ClN3O4S. The first-order chi connectivity index (χ1) is 13.0. The minimum absolute atomic E-state index is 0.0559. The number of halogens is 1. The van der Waals surface area contributed by atoms with Gasteiger partial charge < -0.3 is 19.7 Å². The molecule has 7 nitrogen and oxygen atoms in total. The van der Waals surface area contributed by atoms with Crippen LogP contribution in [0.4, 0.5) is 11.4 Å². The SMILES string of the molecule is CCN(Cc1ccc2c(c1)OCCO2)C(=S)Nc1cc([N+](=O)[O-])ccc1Cl. The maximum atomic E-state index is 11.0. The molecule has 0 spiro atoms. The van der Waals surface area contributed by atoms with Crippen molar-refractivity contribution in [3.8, 4) is 11.5 Å². The molecule has 2 aromatic carbocycles. The highest BCUT2D eigenvalue weighted by Crippen LogP contribution is 2.31. The van der Waals surface area contributed by atoms with E-state index in [2.05, 4.69) is 5.32 Å². The van der Waals surface area contributed by atoms with Crippen LogP contribution in [0.25, 0.3) is 0 Å². The second-order valence-corrected chi connectivity index (χ2v) is 6.64. The Morgan fingerprint density at radius 3 is 2.70 bits per heavy atom. The van der Waals surface area contributed by atoms with E-state index in [0.717, 1.165) is 17.1 Å². The maximum Gasteiger partial charge on any atom is 0.271 e.